The lowest BCUT2D eigenvalue weighted by Crippen LogP contribution is -2.31. The molecule has 0 fully saturated rings. The lowest BCUT2D eigenvalue weighted by Gasteiger charge is -2.20. The van der Waals surface area contributed by atoms with Crippen molar-refractivity contribution < 1.29 is 22.7 Å². The zero-order valence-electron chi connectivity index (χ0n) is 16.2. The molecular formula is C20H23ClN2O5S. The van der Waals surface area contributed by atoms with Crippen LogP contribution in [0.25, 0.3) is 0 Å². The number of benzene rings is 2. The number of fused-ring (bicyclic) bond motifs is 1. The third-order valence-corrected chi connectivity index (χ3v) is 5.93. The van der Waals surface area contributed by atoms with Gasteiger partial charge in [-0.2, -0.15) is 0 Å². The van der Waals surface area contributed by atoms with E-state index in [0.717, 1.165) is 5.56 Å². The van der Waals surface area contributed by atoms with Gasteiger partial charge in [-0.3, -0.25) is 4.79 Å². The third kappa shape index (κ3) is 5.85. The van der Waals surface area contributed by atoms with Gasteiger partial charge in [0.1, 0.15) is 13.2 Å². The molecule has 7 nitrogen and oxygen atoms in total. The quantitative estimate of drug-likeness (QED) is 0.693. The minimum absolute atomic E-state index is 0.0898. The van der Waals surface area contributed by atoms with Crippen LogP contribution in [0, 0.1) is 0 Å². The normalized spacial score (nSPS) is 13.4. The van der Waals surface area contributed by atoms with E-state index in [4.69, 9.17) is 21.1 Å². The van der Waals surface area contributed by atoms with Gasteiger partial charge in [0.15, 0.2) is 11.5 Å². The van der Waals surface area contributed by atoms with E-state index in [-0.39, 0.29) is 17.7 Å². The van der Waals surface area contributed by atoms with E-state index in [1.165, 1.54) is 0 Å². The fourth-order valence-electron chi connectivity index (χ4n) is 2.90. The Morgan fingerprint density at radius 1 is 1.10 bits per heavy atom. The Morgan fingerprint density at radius 2 is 1.76 bits per heavy atom. The minimum Gasteiger partial charge on any atom is -0.486 e. The van der Waals surface area contributed by atoms with Crippen LogP contribution in [-0.4, -0.2) is 33.6 Å². The second-order valence-corrected chi connectivity index (χ2v) is 9.17. The number of nitrogens with one attached hydrogen (secondary N) is 2. The Kier molecular flexibility index (Phi) is 6.66. The van der Waals surface area contributed by atoms with Crippen LogP contribution in [-0.2, 0) is 22.3 Å². The molecule has 3 rings (SSSR count). The van der Waals surface area contributed by atoms with Gasteiger partial charge >= 0.3 is 0 Å². The van der Waals surface area contributed by atoms with Crippen molar-refractivity contribution in [2.75, 3.05) is 13.2 Å². The maximum absolute atomic E-state index is 12.5. The largest absolute Gasteiger partial charge is 0.486 e. The number of carbonyl (C=O) groups excluding carboxylic acids is 1. The zero-order chi connectivity index (χ0) is 21.0. The predicted molar refractivity (Wildman–Crippen MR) is 111 cm³/mol. The first-order valence-electron chi connectivity index (χ1n) is 9.18. The van der Waals surface area contributed by atoms with Crippen molar-refractivity contribution in [3.63, 3.8) is 0 Å². The van der Waals surface area contributed by atoms with Crippen LogP contribution in [0.15, 0.2) is 36.4 Å². The molecule has 29 heavy (non-hydrogen) atoms. The Balaban J connectivity index is 1.60. The Labute approximate surface area is 175 Å². The molecule has 156 valence electrons. The average molecular weight is 439 g/mol. The molecule has 2 aromatic carbocycles. The van der Waals surface area contributed by atoms with Gasteiger partial charge < -0.3 is 14.8 Å². The van der Waals surface area contributed by atoms with Crippen LogP contribution in [0.3, 0.4) is 0 Å². The van der Waals surface area contributed by atoms with E-state index in [1.807, 2.05) is 0 Å². The molecule has 0 saturated heterocycles. The summed E-state index contributed by atoms with van der Waals surface area (Å²) in [7, 11) is -3.37. The highest BCUT2D eigenvalue weighted by molar-refractivity contribution is 7.88. The van der Waals surface area contributed by atoms with Crippen molar-refractivity contribution >= 4 is 27.5 Å². The van der Waals surface area contributed by atoms with Crippen molar-refractivity contribution in [3.8, 4) is 11.5 Å². The molecule has 0 aromatic heterocycles. The fourth-order valence-corrected chi connectivity index (χ4v) is 4.60. The number of hydrogen-bond donors (Lipinski definition) is 2. The lowest BCUT2D eigenvalue weighted by molar-refractivity contribution is 0.0949. The highest BCUT2D eigenvalue weighted by Gasteiger charge is 2.19. The summed E-state index contributed by atoms with van der Waals surface area (Å²) in [5.41, 5.74) is 1.90. The second kappa shape index (κ2) is 9.02. The maximum atomic E-state index is 12.5. The van der Waals surface area contributed by atoms with Gasteiger partial charge in [-0.25, -0.2) is 13.1 Å². The molecule has 0 saturated carbocycles. The highest BCUT2D eigenvalue weighted by atomic mass is 35.5. The van der Waals surface area contributed by atoms with E-state index in [0.29, 0.717) is 47.4 Å². The monoisotopic (exact) mass is 438 g/mol. The zero-order valence-corrected chi connectivity index (χ0v) is 17.8. The Bertz CT molecular complexity index is 991. The lowest BCUT2D eigenvalue weighted by atomic mass is 10.1. The van der Waals surface area contributed by atoms with E-state index in [2.05, 4.69) is 10.0 Å². The van der Waals surface area contributed by atoms with Crippen molar-refractivity contribution in [1.82, 2.24) is 10.0 Å². The summed E-state index contributed by atoms with van der Waals surface area (Å²) in [6, 6.07) is 10.0. The molecule has 1 aliphatic heterocycles. The minimum atomic E-state index is -3.37. The van der Waals surface area contributed by atoms with Crippen LogP contribution in [0.4, 0.5) is 0 Å². The van der Waals surface area contributed by atoms with E-state index in [9.17, 15) is 13.2 Å². The van der Waals surface area contributed by atoms with Crippen molar-refractivity contribution in [3.05, 3.63) is 58.1 Å². The van der Waals surface area contributed by atoms with E-state index in [1.54, 1.807) is 50.2 Å². The Morgan fingerprint density at radius 3 is 2.45 bits per heavy atom. The molecule has 1 aliphatic rings. The molecule has 0 aliphatic carbocycles. The summed E-state index contributed by atoms with van der Waals surface area (Å²) in [5.74, 6) is 0.520. The molecule has 0 atom stereocenters. The summed E-state index contributed by atoms with van der Waals surface area (Å²) in [6.45, 7) is 4.67. The number of halogens is 1. The van der Waals surface area contributed by atoms with E-state index < -0.39 is 10.0 Å². The van der Waals surface area contributed by atoms with Crippen molar-refractivity contribution in [2.45, 2.75) is 32.2 Å². The number of hydrogen-bond acceptors (Lipinski definition) is 5. The molecule has 1 heterocycles. The summed E-state index contributed by atoms with van der Waals surface area (Å²) < 4.78 is 37.5. The molecule has 0 unspecified atom stereocenters. The van der Waals surface area contributed by atoms with Crippen LogP contribution in [0.5, 0.6) is 11.5 Å². The SMILES string of the molecule is CC(C)NS(=O)(=O)Cc1ccc(CNC(=O)c2cc(Cl)c3c(c2)OCCO3)cc1. The summed E-state index contributed by atoms with van der Waals surface area (Å²) >= 11 is 6.17. The van der Waals surface area contributed by atoms with Crippen LogP contribution >= 0.6 is 11.6 Å². The highest BCUT2D eigenvalue weighted by Crippen LogP contribution is 2.38. The second-order valence-electron chi connectivity index (χ2n) is 7.01. The summed E-state index contributed by atoms with van der Waals surface area (Å²) in [5, 5.41) is 3.15. The topological polar surface area (TPSA) is 93.7 Å². The maximum Gasteiger partial charge on any atom is 0.251 e. The number of ether oxygens (including phenoxy) is 2. The van der Waals surface area contributed by atoms with Gasteiger partial charge in [0.25, 0.3) is 5.91 Å². The van der Waals surface area contributed by atoms with E-state index >= 15 is 0 Å². The Hall–Kier alpha value is -2.29. The van der Waals surface area contributed by atoms with Gasteiger partial charge in [0.05, 0.1) is 10.8 Å². The van der Waals surface area contributed by atoms with Crippen LogP contribution < -0.4 is 19.5 Å². The number of rotatable bonds is 7. The molecule has 2 aromatic rings. The third-order valence-electron chi connectivity index (χ3n) is 4.11. The molecule has 0 radical (unpaired) electrons. The van der Waals surface area contributed by atoms with Gasteiger partial charge in [-0.05, 0) is 37.1 Å². The van der Waals surface area contributed by atoms with Gasteiger partial charge in [0, 0.05) is 18.2 Å². The molecule has 2 N–H and O–H groups in total. The first-order valence-corrected chi connectivity index (χ1v) is 11.2. The summed E-state index contributed by atoms with van der Waals surface area (Å²) in [4.78, 5) is 12.5. The number of amides is 1. The van der Waals surface area contributed by atoms with Gasteiger partial charge in [-0.1, -0.05) is 35.9 Å². The van der Waals surface area contributed by atoms with Gasteiger partial charge in [0.2, 0.25) is 10.0 Å². The molecule has 9 heteroatoms. The van der Waals surface area contributed by atoms with Gasteiger partial charge in [-0.15, -0.1) is 0 Å². The smallest absolute Gasteiger partial charge is 0.251 e. The molecule has 0 bridgehead atoms. The van der Waals surface area contributed by atoms with Crippen molar-refractivity contribution in [1.29, 1.82) is 0 Å². The van der Waals surface area contributed by atoms with Crippen molar-refractivity contribution in [2.24, 2.45) is 0 Å². The standard InChI is InChI=1S/C20H23ClN2O5S/c1-13(2)23-29(25,26)12-15-5-3-14(4-6-15)11-22-20(24)16-9-17(21)19-18(10-16)27-7-8-28-19/h3-6,9-10,13,23H,7-8,11-12H2,1-2H3,(H,22,24). The first kappa shape index (κ1) is 21.4. The number of sulfonamides is 1. The molecule has 0 spiro atoms. The van der Waals surface area contributed by atoms with Crippen LogP contribution in [0.2, 0.25) is 5.02 Å². The average Bonchev–Trinajstić information content (AvgIpc) is 2.66. The predicted octanol–water partition coefficient (Wildman–Crippen LogP) is 2.87. The fraction of sp³-hybridized carbons (Fsp3) is 0.350. The van der Waals surface area contributed by atoms with Crippen LogP contribution in [0.1, 0.15) is 35.3 Å². The molecule has 1 amide bonds. The molecular weight excluding hydrogens is 416 g/mol. The summed E-state index contributed by atoms with van der Waals surface area (Å²) in [6.07, 6.45) is 0. The number of carbonyl (C=O) groups is 1. The first-order chi connectivity index (χ1) is 13.7.